The Bertz CT molecular complexity index is 60.3. The zero-order chi connectivity index (χ0) is 19.8. The first-order chi connectivity index (χ1) is 11.0. The maximum atomic E-state index is 4.54. The van der Waals surface area contributed by atoms with Gasteiger partial charge in [-0.15, -0.1) is 0 Å². The van der Waals surface area contributed by atoms with Crippen LogP contribution in [0.1, 0.15) is 54.9 Å². The molecule has 0 amide bonds. The number of methoxy groups -OCH3 is 5. The summed E-state index contributed by atoms with van der Waals surface area (Å²) in [7, 11) is 8.40. The van der Waals surface area contributed by atoms with Crippen LogP contribution in [0, 0.1) is 0 Å². The summed E-state index contributed by atoms with van der Waals surface area (Å²) in [4.78, 5) is 0. The van der Waals surface area contributed by atoms with Crippen molar-refractivity contribution in [1.29, 1.82) is 0 Å². The Labute approximate surface area is 148 Å². The number of ether oxygens (including phenoxy) is 5. The van der Waals surface area contributed by atoms with Crippen molar-refractivity contribution < 1.29 is 23.7 Å². The number of rotatable bonds is 5. The normalized spacial score (nSPS) is 7.30. The van der Waals surface area contributed by atoms with Gasteiger partial charge < -0.3 is 23.7 Å². The second-order valence-electron chi connectivity index (χ2n) is 3.59. The lowest BCUT2D eigenvalue weighted by Gasteiger charge is -1.76. The fourth-order valence-electron chi connectivity index (χ4n) is 0. The van der Waals surface area contributed by atoms with Crippen LogP contribution >= 0.6 is 0 Å². The lowest BCUT2D eigenvalue weighted by atomic mass is 10.6. The summed E-state index contributed by atoms with van der Waals surface area (Å²) < 4.78 is 22.7. The molecule has 0 fully saturated rings. The molecule has 0 heterocycles. The highest BCUT2D eigenvalue weighted by molar-refractivity contribution is 3.96. The molecule has 0 spiro atoms. The average Bonchev–Trinajstić information content (AvgIpc) is 2.62. The van der Waals surface area contributed by atoms with E-state index in [1.54, 1.807) is 35.5 Å². The van der Waals surface area contributed by atoms with Crippen molar-refractivity contribution in [2.45, 2.75) is 54.9 Å². The zero-order valence-electron chi connectivity index (χ0n) is 18.3. The molecule has 0 aromatic heterocycles. The summed E-state index contributed by atoms with van der Waals surface area (Å²) in [5.74, 6) is 0. The van der Waals surface area contributed by atoms with Gasteiger partial charge in [0.15, 0.2) is 0 Å². The van der Waals surface area contributed by atoms with Crippen molar-refractivity contribution in [2.75, 3.05) is 68.6 Å². The topological polar surface area (TPSA) is 46.2 Å². The van der Waals surface area contributed by atoms with E-state index in [1.165, 1.54) is 6.42 Å². The number of hydrogen-bond donors (Lipinski definition) is 0. The Hall–Kier alpha value is -0.200. The van der Waals surface area contributed by atoms with Crippen LogP contribution in [-0.2, 0) is 23.7 Å². The molecule has 0 saturated heterocycles. The molecule has 5 heteroatoms. The van der Waals surface area contributed by atoms with E-state index in [4.69, 9.17) is 0 Å². The molecule has 150 valence electrons. The lowest BCUT2D eigenvalue weighted by molar-refractivity contribution is 0.215. The summed E-state index contributed by atoms with van der Waals surface area (Å²) in [6.07, 6.45) is 1.25. The molecular weight excluding hydrogens is 296 g/mol. The van der Waals surface area contributed by atoms with Gasteiger partial charge in [-0.3, -0.25) is 0 Å². The van der Waals surface area contributed by atoms with Crippen LogP contribution < -0.4 is 0 Å². The van der Waals surface area contributed by atoms with Crippen molar-refractivity contribution in [3.05, 3.63) is 0 Å². The fourth-order valence-corrected chi connectivity index (χ4v) is 0. The Kier molecular flexibility index (Phi) is 135. The lowest BCUT2D eigenvalue weighted by Crippen LogP contribution is -1.73. The van der Waals surface area contributed by atoms with Gasteiger partial charge in [0, 0.05) is 68.6 Å². The molecule has 0 rings (SSSR count). The molecule has 5 nitrogen and oxygen atoms in total. The molecule has 0 atom stereocenters. The van der Waals surface area contributed by atoms with E-state index in [1.807, 2.05) is 34.6 Å². The second kappa shape index (κ2) is 80.9. The van der Waals surface area contributed by atoms with Crippen LogP contribution in [0.5, 0.6) is 0 Å². The van der Waals surface area contributed by atoms with Gasteiger partial charge in [-0.25, -0.2) is 0 Å². The van der Waals surface area contributed by atoms with Gasteiger partial charge >= 0.3 is 0 Å². The predicted octanol–water partition coefficient (Wildman–Crippen LogP) is 4.68. The number of hydrogen-bond acceptors (Lipinski definition) is 5. The van der Waals surface area contributed by atoms with E-state index in [-0.39, 0.29) is 0 Å². The first kappa shape index (κ1) is 38.4. The monoisotopic (exact) mass is 344 g/mol. The van der Waals surface area contributed by atoms with Gasteiger partial charge in [0.25, 0.3) is 0 Å². The second-order valence-corrected chi connectivity index (χ2v) is 3.59. The third-order valence-electron chi connectivity index (χ3n) is 1.44. The third kappa shape index (κ3) is 371. The van der Waals surface area contributed by atoms with E-state index in [0.29, 0.717) is 0 Å². The van der Waals surface area contributed by atoms with Crippen LogP contribution in [0.25, 0.3) is 0 Å². The summed E-state index contributed by atoms with van der Waals surface area (Å²) in [6.45, 7) is 18.1. The maximum Gasteiger partial charge on any atom is 0.0433 e. The molecule has 0 unspecified atom stereocenters. The van der Waals surface area contributed by atoms with Gasteiger partial charge in [-0.1, -0.05) is 20.3 Å². The van der Waals surface area contributed by atoms with Gasteiger partial charge in [-0.05, 0) is 34.6 Å². The molecule has 23 heavy (non-hydrogen) atoms. The highest BCUT2D eigenvalue weighted by atomic mass is 16.5. The molecule has 0 saturated carbocycles. The third-order valence-corrected chi connectivity index (χ3v) is 1.44. The highest BCUT2D eigenvalue weighted by Crippen LogP contribution is 1.56. The highest BCUT2D eigenvalue weighted by Gasteiger charge is 1.53. The molecule has 0 aliphatic heterocycles. The zero-order valence-corrected chi connectivity index (χ0v) is 18.3. The molecule has 0 aromatic rings. The minimum Gasteiger partial charge on any atom is -0.385 e. The van der Waals surface area contributed by atoms with Crippen LogP contribution in [0.3, 0.4) is 0 Å². The van der Waals surface area contributed by atoms with Crippen LogP contribution in [0.4, 0.5) is 0 Å². The summed E-state index contributed by atoms with van der Waals surface area (Å²) in [5, 5.41) is 0. The summed E-state index contributed by atoms with van der Waals surface area (Å²) in [6, 6.07) is 0. The van der Waals surface area contributed by atoms with Crippen molar-refractivity contribution in [3.63, 3.8) is 0 Å². The van der Waals surface area contributed by atoms with Gasteiger partial charge in [-0.2, -0.15) is 0 Å². The van der Waals surface area contributed by atoms with E-state index < -0.39 is 0 Å². The van der Waals surface area contributed by atoms with Crippen molar-refractivity contribution >= 4 is 0 Å². The van der Waals surface area contributed by atoms with E-state index in [2.05, 4.69) is 37.5 Å². The van der Waals surface area contributed by atoms with Crippen LogP contribution in [0.2, 0.25) is 0 Å². The smallest absolute Gasteiger partial charge is 0.0433 e. The van der Waals surface area contributed by atoms with E-state index in [9.17, 15) is 0 Å². The summed E-state index contributed by atoms with van der Waals surface area (Å²) in [5.41, 5.74) is 0. The quantitative estimate of drug-likeness (QED) is 0.724. The Balaban J connectivity index is -0.0000000378. The molecular formula is C18H48O5. The molecule has 0 radical (unpaired) electrons. The Morgan fingerprint density at radius 2 is 0.391 bits per heavy atom. The fraction of sp³-hybridized carbons (Fsp3) is 1.00. The van der Waals surface area contributed by atoms with Gasteiger partial charge in [0.05, 0.1) is 0 Å². The first-order valence-corrected chi connectivity index (χ1v) is 8.43. The largest absolute Gasteiger partial charge is 0.385 e. The summed E-state index contributed by atoms with van der Waals surface area (Å²) >= 11 is 0. The van der Waals surface area contributed by atoms with Gasteiger partial charge in [0.2, 0.25) is 0 Å². The SMILES string of the molecule is CCC.CCOC.CCOC.CCOC.CCOC.CCOC. The standard InChI is InChI=1S/5C3H8O.C3H8/c5*1-3-4-2;1-3-2/h5*3H2,1-2H3;3H2,1-2H3. The molecule has 0 aliphatic carbocycles. The minimum atomic E-state index is 0.819. The van der Waals surface area contributed by atoms with Gasteiger partial charge in [0.1, 0.15) is 0 Å². The van der Waals surface area contributed by atoms with Crippen molar-refractivity contribution in [1.82, 2.24) is 0 Å². The predicted molar refractivity (Wildman–Crippen MR) is 104 cm³/mol. The molecule has 0 N–H and O–H groups in total. The van der Waals surface area contributed by atoms with Crippen molar-refractivity contribution in [2.24, 2.45) is 0 Å². The van der Waals surface area contributed by atoms with E-state index >= 15 is 0 Å². The minimum absolute atomic E-state index is 0.819. The Morgan fingerprint density at radius 1 is 0.348 bits per heavy atom. The van der Waals surface area contributed by atoms with Crippen molar-refractivity contribution in [3.8, 4) is 0 Å². The van der Waals surface area contributed by atoms with E-state index in [0.717, 1.165) is 33.0 Å². The van der Waals surface area contributed by atoms with Crippen LogP contribution in [0.15, 0.2) is 0 Å². The average molecular weight is 345 g/mol. The Morgan fingerprint density at radius 3 is 0.391 bits per heavy atom. The van der Waals surface area contributed by atoms with Crippen LogP contribution in [-0.4, -0.2) is 68.6 Å². The molecule has 0 aliphatic rings. The molecule has 0 aromatic carbocycles. The maximum absolute atomic E-state index is 4.54. The molecule has 0 bridgehead atoms. The first-order valence-electron chi connectivity index (χ1n) is 8.43.